The second-order valence-electron chi connectivity index (χ2n) is 2.76. The number of rotatable bonds is 3. The normalized spacial score (nSPS) is 9.57. The minimum Gasteiger partial charge on any atom is -0.493 e. The van der Waals surface area contributed by atoms with Crippen molar-refractivity contribution in [1.29, 1.82) is 0 Å². The zero-order valence-electron chi connectivity index (χ0n) is 8.24. The number of primary amides is 1. The predicted octanol–water partition coefficient (Wildman–Crippen LogP) is 1.72. The number of nitrogens with two attached hydrogens (primary N) is 1. The van der Waals surface area contributed by atoms with Crippen molar-refractivity contribution in [1.82, 2.24) is 0 Å². The van der Waals surface area contributed by atoms with Crippen molar-refractivity contribution in [3.8, 4) is 11.5 Å². The first kappa shape index (κ1) is 10.4. The van der Waals surface area contributed by atoms with Crippen LogP contribution in [0.1, 0.15) is 12.5 Å². The monoisotopic (exact) mass is 195 g/mol. The molecule has 0 saturated carbocycles. The van der Waals surface area contributed by atoms with Crippen LogP contribution in [0.2, 0.25) is 0 Å². The van der Waals surface area contributed by atoms with Gasteiger partial charge in [0.1, 0.15) is 0 Å². The molecule has 0 aromatic heterocycles. The van der Waals surface area contributed by atoms with Crippen LogP contribution in [0.3, 0.4) is 0 Å². The van der Waals surface area contributed by atoms with Crippen molar-refractivity contribution in [2.24, 2.45) is 5.73 Å². The lowest BCUT2D eigenvalue weighted by Gasteiger charge is -2.08. The van der Waals surface area contributed by atoms with Gasteiger partial charge in [-0.2, -0.15) is 0 Å². The smallest absolute Gasteiger partial charge is 0.410 e. The van der Waals surface area contributed by atoms with E-state index in [1.54, 1.807) is 6.07 Å². The molecule has 4 heteroatoms. The Morgan fingerprint density at radius 1 is 1.43 bits per heavy atom. The molecule has 0 aliphatic heterocycles. The van der Waals surface area contributed by atoms with Crippen molar-refractivity contribution >= 4 is 6.09 Å². The first-order chi connectivity index (χ1) is 6.67. The molecule has 0 fully saturated rings. The molecule has 0 aliphatic rings. The molecule has 2 N–H and O–H groups in total. The molecule has 0 unspecified atom stereocenters. The van der Waals surface area contributed by atoms with Gasteiger partial charge in [0.25, 0.3) is 0 Å². The third-order valence-corrected chi connectivity index (χ3v) is 1.85. The SMILES string of the molecule is CCc1ccc(OC(N)=O)c(OC)c1. The largest absolute Gasteiger partial charge is 0.493 e. The van der Waals surface area contributed by atoms with Gasteiger partial charge in [0.2, 0.25) is 0 Å². The molecular formula is C10H13NO3. The van der Waals surface area contributed by atoms with Gasteiger partial charge in [-0.25, -0.2) is 4.79 Å². The minimum absolute atomic E-state index is 0.345. The van der Waals surface area contributed by atoms with E-state index in [2.05, 4.69) is 0 Å². The molecule has 1 aromatic carbocycles. The Balaban J connectivity index is 2.98. The lowest BCUT2D eigenvalue weighted by Crippen LogP contribution is -2.16. The number of aryl methyl sites for hydroxylation is 1. The third-order valence-electron chi connectivity index (χ3n) is 1.85. The summed E-state index contributed by atoms with van der Waals surface area (Å²) in [7, 11) is 1.52. The highest BCUT2D eigenvalue weighted by molar-refractivity contribution is 5.69. The van der Waals surface area contributed by atoms with E-state index >= 15 is 0 Å². The Kier molecular flexibility index (Phi) is 3.34. The lowest BCUT2D eigenvalue weighted by molar-refractivity contribution is 0.208. The molecule has 0 bridgehead atoms. The van der Waals surface area contributed by atoms with Crippen LogP contribution in [0.25, 0.3) is 0 Å². The van der Waals surface area contributed by atoms with E-state index < -0.39 is 6.09 Å². The van der Waals surface area contributed by atoms with Crippen LogP contribution in [-0.2, 0) is 6.42 Å². The Bertz CT molecular complexity index is 336. The van der Waals surface area contributed by atoms with Gasteiger partial charge < -0.3 is 15.2 Å². The van der Waals surface area contributed by atoms with Crippen molar-refractivity contribution in [2.45, 2.75) is 13.3 Å². The number of hydrogen-bond donors (Lipinski definition) is 1. The van der Waals surface area contributed by atoms with Crippen LogP contribution in [0, 0.1) is 0 Å². The second-order valence-corrected chi connectivity index (χ2v) is 2.76. The maximum Gasteiger partial charge on any atom is 0.410 e. The zero-order chi connectivity index (χ0) is 10.6. The van der Waals surface area contributed by atoms with Gasteiger partial charge in [-0.3, -0.25) is 0 Å². The van der Waals surface area contributed by atoms with Gasteiger partial charge in [0.05, 0.1) is 7.11 Å². The van der Waals surface area contributed by atoms with E-state index in [4.69, 9.17) is 15.2 Å². The molecule has 0 heterocycles. The number of carbonyl (C=O) groups excluding carboxylic acids is 1. The molecule has 4 nitrogen and oxygen atoms in total. The fourth-order valence-corrected chi connectivity index (χ4v) is 1.12. The van der Waals surface area contributed by atoms with Crippen molar-refractivity contribution in [3.05, 3.63) is 23.8 Å². The van der Waals surface area contributed by atoms with Crippen LogP contribution in [-0.4, -0.2) is 13.2 Å². The molecular weight excluding hydrogens is 182 g/mol. The molecule has 0 atom stereocenters. The summed E-state index contributed by atoms with van der Waals surface area (Å²) in [5, 5.41) is 0. The molecule has 76 valence electrons. The first-order valence-electron chi connectivity index (χ1n) is 4.31. The molecule has 1 amide bonds. The van der Waals surface area contributed by atoms with Crippen LogP contribution >= 0.6 is 0 Å². The van der Waals surface area contributed by atoms with E-state index in [1.807, 2.05) is 19.1 Å². The average molecular weight is 195 g/mol. The van der Waals surface area contributed by atoms with Crippen molar-refractivity contribution in [3.63, 3.8) is 0 Å². The predicted molar refractivity (Wildman–Crippen MR) is 52.6 cm³/mol. The highest BCUT2D eigenvalue weighted by Crippen LogP contribution is 2.28. The van der Waals surface area contributed by atoms with E-state index in [-0.39, 0.29) is 0 Å². The number of ether oxygens (including phenoxy) is 2. The molecule has 0 aliphatic carbocycles. The maximum atomic E-state index is 10.5. The summed E-state index contributed by atoms with van der Waals surface area (Å²) in [5.41, 5.74) is 6.01. The number of carbonyl (C=O) groups is 1. The minimum atomic E-state index is -0.840. The molecule has 1 rings (SSSR count). The standard InChI is InChI=1S/C10H13NO3/c1-3-7-4-5-8(14-10(11)12)9(6-7)13-2/h4-6H,3H2,1-2H3,(H2,11,12). The van der Waals surface area contributed by atoms with E-state index in [1.165, 1.54) is 7.11 Å². The summed E-state index contributed by atoms with van der Waals surface area (Å²) in [5.74, 6) is 0.861. The maximum absolute atomic E-state index is 10.5. The Labute approximate surface area is 82.6 Å². The molecule has 0 radical (unpaired) electrons. The highest BCUT2D eigenvalue weighted by atomic mass is 16.6. The number of benzene rings is 1. The summed E-state index contributed by atoms with van der Waals surface area (Å²) in [6.07, 6.45) is 0.0558. The fourth-order valence-electron chi connectivity index (χ4n) is 1.12. The number of amides is 1. The van der Waals surface area contributed by atoms with Gasteiger partial charge in [0, 0.05) is 0 Å². The summed E-state index contributed by atoms with van der Waals surface area (Å²) in [6, 6.07) is 5.35. The molecule has 0 saturated heterocycles. The third kappa shape index (κ3) is 2.39. The van der Waals surface area contributed by atoms with Gasteiger partial charge in [-0.1, -0.05) is 13.0 Å². The van der Waals surface area contributed by atoms with Crippen LogP contribution in [0.15, 0.2) is 18.2 Å². The Morgan fingerprint density at radius 2 is 2.14 bits per heavy atom. The van der Waals surface area contributed by atoms with Crippen molar-refractivity contribution in [2.75, 3.05) is 7.11 Å². The van der Waals surface area contributed by atoms with Gasteiger partial charge in [-0.05, 0) is 24.1 Å². The van der Waals surface area contributed by atoms with Gasteiger partial charge in [0.15, 0.2) is 11.5 Å². The molecule has 0 spiro atoms. The van der Waals surface area contributed by atoms with Gasteiger partial charge >= 0.3 is 6.09 Å². The second kappa shape index (κ2) is 4.50. The summed E-state index contributed by atoms with van der Waals surface area (Å²) in [4.78, 5) is 10.5. The quantitative estimate of drug-likeness (QED) is 0.798. The average Bonchev–Trinajstić information content (AvgIpc) is 2.17. The number of methoxy groups -OCH3 is 1. The highest BCUT2D eigenvalue weighted by Gasteiger charge is 2.07. The van der Waals surface area contributed by atoms with Crippen LogP contribution < -0.4 is 15.2 Å². The van der Waals surface area contributed by atoms with Crippen molar-refractivity contribution < 1.29 is 14.3 Å². The topological polar surface area (TPSA) is 61.5 Å². The first-order valence-corrected chi connectivity index (χ1v) is 4.31. The lowest BCUT2D eigenvalue weighted by atomic mass is 10.1. The molecule has 14 heavy (non-hydrogen) atoms. The number of hydrogen-bond acceptors (Lipinski definition) is 3. The zero-order valence-corrected chi connectivity index (χ0v) is 8.24. The summed E-state index contributed by atoms with van der Waals surface area (Å²) >= 11 is 0. The summed E-state index contributed by atoms with van der Waals surface area (Å²) < 4.78 is 9.81. The van der Waals surface area contributed by atoms with E-state index in [9.17, 15) is 4.79 Å². The van der Waals surface area contributed by atoms with Gasteiger partial charge in [-0.15, -0.1) is 0 Å². The van der Waals surface area contributed by atoms with Crippen LogP contribution in [0.5, 0.6) is 11.5 Å². The fraction of sp³-hybridized carbons (Fsp3) is 0.300. The molecule has 1 aromatic rings. The van der Waals surface area contributed by atoms with E-state index in [0.717, 1.165) is 12.0 Å². The van der Waals surface area contributed by atoms with Crippen LogP contribution in [0.4, 0.5) is 4.79 Å². The Hall–Kier alpha value is -1.71. The van der Waals surface area contributed by atoms with E-state index in [0.29, 0.717) is 11.5 Å². The summed E-state index contributed by atoms with van der Waals surface area (Å²) in [6.45, 7) is 2.03. The Morgan fingerprint density at radius 3 is 2.64 bits per heavy atom.